The number of aromatic nitrogens is 3. The molecule has 2 aromatic rings. The van der Waals surface area contributed by atoms with Gasteiger partial charge in [0.15, 0.2) is 0 Å². The number of aliphatic carboxylic acids is 1. The van der Waals surface area contributed by atoms with Gasteiger partial charge in [0.2, 0.25) is 5.13 Å². The molecule has 0 aliphatic carbocycles. The summed E-state index contributed by atoms with van der Waals surface area (Å²) in [6, 6.07) is 1.64. The van der Waals surface area contributed by atoms with Crippen LogP contribution >= 0.6 is 22.9 Å². The van der Waals surface area contributed by atoms with Crippen LogP contribution < -0.4 is 0 Å². The van der Waals surface area contributed by atoms with Crippen LogP contribution in [0.2, 0.25) is 5.15 Å². The molecule has 0 radical (unpaired) electrons. The first-order valence-electron chi connectivity index (χ1n) is 4.03. The van der Waals surface area contributed by atoms with E-state index in [2.05, 4.69) is 10.1 Å². The van der Waals surface area contributed by atoms with Gasteiger partial charge in [0.25, 0.3) is 0 Å². The predicted molar refractivity (Wildman–Crippen MR) is 55.6 cm³/mol. The van der Waals surface area contributed by atoms with Crippen molar-refractivity contribution in [3.63, 3.8) is 0 Å². The fraction of sp³-hybridized carbons (Fsp3) is 0.125. The predicted octanol–water partition coefficient (Wildman–Crippen LogP) is 1.61. The molecule has 0 aromatic carbocycles. The molecular formula is C8H6ClN3O2S. The minimum absolute atomic E-state index is 0.0912. The number of hydrogen-bond donors (Lipinski definition) is 1. The standard InChI is InChI=1S/C8H6ClN3O2S/c9-6-4-15-8(10-6)12-2-1-5(11-12)3-7(13)14/h1-2,4H,3H2,(H,13,14). The van der Waals surface area contributed by atoms with E-state index < -0.39 is 5.97 Å². The number of carbonyl (C=O) groups is 1. The van der Waals surface area contributed by atoms with E-state index in [0.29, 0.717) is 16.0 Å². The highest BCUT2D eigenvalue weighted by molar-refractivity contribution is 7.12. The third-order valence-electron chi connectivity index (χ3n) is 1.64. The minimum Gasteiger partial charge on any atom is -0.481 e. The Morgan fingerprint density at radius 3 is 3.07 bits per heavy atom. The topological polar surface area (TPSA) is 68.0 Å². The maximum atomic E-state index is 10.4. The van der Waals surface area contributed by atoms with Gasteiger partial charge in [-0.05, 0) is 6.07 Å². The van der Waals surface area contributed by atoms with Crippen LogP contribution in [0, 0.1) is 0 Å². The molecule has 7 heteroatoms. The number of halogens is 1. The van der Waals surface area contributed by atoms with Crippen molar-refractivity contribution >= 4 is 28.9 Å². The molecule has 5 nitrogen and oxygen atoms in total. The SMILES string of the molecule is O=C(O)Cc1ccn(-c2nc(Cl)cs2)n1. The number of carboxylic acids is 1. The highest BCUT2D eigenvalue weighted by Gasteiger charge is 2.07. The van der Waals surface area contributed by atoms with E-state index in [4.69, 9.17) is 16.7 Å². The largest absolute Gasteiger partial charge is 0.481 e. The smallest absolute Gasteiger partial charge is 0.309 e. The van der Waals surface area contributed by atoms with Crippen molar-refractivity contribution in [1.82, 2.24) is 14.8 Å². The van der Waals surface area contributed by atoms with Gasteiger partial charge in [-0.25, -0.2) is 9.67 Å². The van der Waals surface area contributed by atoms with Crippen molar-refractivity contribution in [1.29, 1.82) is 0 Å². The molecule has 0 fully saturated rings. The second-order valence-corrected chi connectivity index (χ2v) is 4.00. The lowest BCUT2D eigenvalue weighted by Gasteiger charge is -1.92. The fourth-order valence-electron chi connectivity index (χ4n) is 1.07. The van der Waals surface area contributed by atoms with Crippen molar-refractivity contribution in [2.75, 3.05) is 0 Å². The maximum absolute atomic E-state index is 10.4. The summed E-state index contributed by atoms with van der Waals surface area (Å²) in [5, 5.41) is 15.3. The van der Waals surface area contributed by atoms with Gasteiger partial charge < -0.3 is 5.11 Å². The highest BCUT2D eigenvalue weighted by Crippen LogP contribution is 2.17. The van der Waals surface area contributed by atoms with Crippen LogP contribution in [-0.4, -0.2) is 25.8 Å². The average molecular weight is 244 g/mol. The Labute approximate surface area is 93.9 Å². The van der Waals surface area contributed by atoms with Crippen molar-refractivity contribution < 1.29 is 9.90 Å². The fourth-order valence-corrected chi connectivity index (χ4v) is 1.95. The van der Waals surface area contributed by atoms with Gasteiger partial charge in [0, 0.05) is 11.6 Å². The van der Waals surface area contributed by atoms with E-state index in [-0.39, 0.29) is 6.42 Å². The second kappa shape index (κ2) is 4.00. The van der Waals surface area contributed by atoms with Gasteiger partial charge in [0.1, 0.15) is 5.15 Å². The summed E-state index contributed by atoms with van der Waals surface area (Å²) < 4.78 is 1.51. The zero-order valence-electron chi connectivity index (χ0n) is 7.42. The average Bonchev–Trinajstić information content (AvgIpc) is 2.72. The van der Waals surface area contributed by atoms with Crippen molar-refractivity contribution in [3.05, 3.63) is 28.5 Å². The van der Waals surface area contributed by atoms with E-state index in [1.54, 1.807) is 17.6 Å². The molecule has 0 bridgehead atoms. The van der Waals surface area contributed by atoms with E-state index in [1.807, 2.05) is 0 Å². The van der Waals surface area contributed by atoms with Crippen LogP contribution in [0.5, 0.6) is 0 Å². The van der Waals surface area contributed by atoms with Gasteiger partial charge in [-0.15, -0.1) is 11.3 Å². The zero-order valence-corrected chi connectivity index (χ0v) is 8.99. The molecule has 15 heavy (non-hydrogen) atoms. The molecule has 0 unspecified atom stereocenters. The van der Waals surface area contributed by atoms with E-state index in [1.165, 1.54) is 16.0 Å². The molecular weight excluding hydrogens is 238 g/mol. The quantitative estimate of drug-likeness (QED) is 0.889. The van der Waals surface area contributed by atoms with Gasteiger partial charge >= 0.3 is 5.97 Å². The molecule has 0 atom stereocenters. The Morgan fingerprint density at radius 2 is 2.47 bits per heavy atom. The molecule has 0 aliphatic rings. The second-order valence-electron chi connectivity index (χ2n) is 2.77. The molecule has 0 amide bonds. The molecule has 0 aliphatic heterocycles. The lowest BCUT2D eigenvalue weighted by atomic mass is 10.3. The first kappa shape index (κ1) is 10.1. The molecule has 2 aromatic heterocycles. The Morgan fingerprint density at radius 1 is 1.67 bits per heavy atom. The molecule has 78 valence electrons. The van der Waals surface area contributed by atoms with Crippen molar-refractivity contribution in [2.45, 2.75) is 6.42 Å². The normalized spacial score (nSPS) is 10.5. The number of hydrogen-bond acceptors (Lipinski definition) is 4. The Hall–Kier alpha value is -1.40. The summed E-state index contributed by atoms with van der Waals surface area (Å²) in [6.07, 6.45) is 1.57. The van der Waals surface area contributed by atoms with Crippen LogP contribution in [0.4, 0.5) is 0 Å². The van der Waals surface area contributed by atoms with Crippen LogP contribution in [0.1, 0.15) is 5.69 Å². The Balaban J connectivity index is 2.23. The van der Waals surface area contributed by atoms with Gasteiger partial charge in [-0.2, -0.15) is 5.10 Å². The van der Waals surface area contributed by atoms with E-state index in [9.17, 15) is 4.79 Å². The first-order valence-corrected chi connectivity index (χ1v) is 5.28. The van der Waals surface area contributed by atoms with E-state index >= 15 is 0 Å². The van der Waals surface area contributed by atoms with Crippen LogP contribution in [-0.2, 0) is 11.2 Å². The van der Waals surface area contributed by atoms with Crippen molar-refractivity contribution in [3.8, 4) is 5.13 Å². The summed E-state index contributed by atoms with van der Waals surface area (Å²) in [6.45, 7) is 0. The summed E-state index contributed by atoms with van der Waals surface area (Å²) in [4.78, 5) is 14.4. The Bertz CT molecular complexity index is 494. The van der Waals surface area contributed by atoms with Gasteiger partial charge in [0.05, 0.1) is 12.1 Å². The van der Waals surface area contributed by atoms with Crippen LogP contribution in [0.3, 0.4) is 0 Å². The van der Waals surface area contributed by atoms with Gasteiger partial charge in [-0.1, -0.05) is 11.6 Å². The highest BCUT2D eigenvalue weighted by atomic mass is 35.5. The maximum Gasteiger partial charge on any atom is 0.309 e. The summed E-state index contributed by atoms with van der Waals surface area (Å²) in [5.74, 6) is -0.905. The molecule has 2 rings (SSSR count). The third-order valence-corrected chi connectivity index (χ3v) is 2.79. The molecule has 0 spiro atoms. The number of rotatable bonds is 3. The lowest BCUT2D eigenvalue weighted by Crippen LogP contribution is -2.02. The number of nitrogens with zero attached hydrogens (tertiary/aromatic N) is 3. The summed E-state index contributed by atoms with van der Waals surface area (Å²) >= 11 is 7.01. The molecule has 2 heterocycles. The molecule has 0 saturated heterocycles. The van der Waals surface area contributed by atoms with Gasteiger partial charge in [-0.3, -0.25) is 4.79 Å². The van der Waals surface area contributed by atoms with Crippen LogP contribution in [0.15, 0.2) is 17.6 Å². The minimum atomic E-state index is -0.905. The molecule has 1 N–H and O–H groups in total. The third kappa shape index (κ3) is 2.34. The monoisotopic (exact) mass is 243 g/mol. The molecule has 0 saturated carbocycles. The number of thiazole rings is 1. The van der Waals surface area contributed by atoms with Crippen LogP contribution in [0.25, 0.3) is 5.13 Å². The number of carboxylic acid groups (broad SMARTS) is 1. The van der Waals surface area contributed by atoms with E-state index in [0.717, 1.165) is 0 Å². The van der Waals surface area contributed by atoms with Crippen molar-refractivity contribution in [2.24, 2.45) is 0 Å². The Kier molecular flexibility index (Phi) is 2.70. The summed E-state index contributed by atoms with van der Waals surface area (Å²) in [7, 11) is 0. The summed E-state index contributed by atoms with van der Waals surface area (Å²) in [5.41, 5.74) is 0.494. The zero-order chi connectivity index (χ0) is 10.8. The first-order chi connectivity index (χ1) is 7.15. The lowest BCUT2D eigenvalue weighted by molar-refractivity contribution is -0.136.